The van der Waals surface area contributed by atoms with E-state index in [0.29, 0.717) is 10.7 Å². The summed E-state index contributed by atoms with van der Waals surface area (Å²) in [5, 5.41) is 0.705. The highest BCUT2D eigenvalue weighted by molar-refractivity contribution is 7.86. The normalized spacial score (nSPS) is 37.4. The van der Waals surface area contributed by atoms with Gasteiger partial charge in [0.25, 0.3) is 0 Å². The molecule has 2 N–H and O–H groups in total. The fourth-order valence-electron chi connectivity index (χ4n) is 3.16. The van der Waals surface area contributed by atoms with Crippen molar-refractivity contribution < 1.29 is 4.21 Å². The van der Waals surface area contributed by atoms with Crippen LogP contribution in [0.2, 0.25) is 0 Å². The molecule has 2 nitrogen and oxygen atoms in total. The zero-order valence-corrected chi connectivity index (χ0v) is 11.4. The van der Waals surface area contributed by atoms with Crippen molar-refractivity contribution in [2.24, 2.45) is 11.1 Å². The third-order valence-corrected chi connectivity index (χ3v) is 6.56. The van der Waals surface area contributed by atoms with Gasteiger partial charge in [-0.25, -0.2) is 0 Å². The summed E-state index contributed by atoms with van der Waals surface area (Å²) in [5.74, 6) is 0. The lowest BCUT2D eigenvalue weighted by Gasteiger charge is -2.39. The molecule has 2 aliphatic rings. The van der Waals surface area contributed by atoms with Gasteiger partial charge >= 0.3 is 0 Å². The summed E-state index contributed by atoms with van der Waals surface area (Å²) in [4.78, 5) is 0. The van der Waals surface area contributed by atoms with E-state index in [4.69, 9.17) is 5.73 Å². The molecule has 3 heteroatoms. The van der Waals surface area contributed by atoms with Gasteiger partial charge in [-0.15, -0.1) is 0 Å². The fraction of sp³-hybridized carbons (Fsp3) is 1.00. The molecule has 0 radical (unpaired) electrons. The maximum atomic E-state index is 12.5. The van der Waals surface area contributed by atoms with Crippen LogP contribution in [0.1, 0.15) is 58.8 Å². The Morgan fingerprint density at radius 3 is 2.44 bits per heavy atom. The minimum Gasteiger partial charge on any atom is -0.327 e. The second-order valence-electron chi connectivity index (χ2n) is 6.34. The Labute approximate surface area is 102 Å². The summed E-state index contributed by atoms with van der Waals surface area (Å²) in [6.45, 7) is 4.58. The van der Waals surface area contributed by atoms with Crippen molar-refractivity contribution in [3.63, 3.8) is 0 Å². The molecule has 0 aromatic carbocycles. The predicted molar refractivity (Wildman–Crippen MR) is 69.8 cm³/mol. The SMILES string of the molecule is CC1(C)CCC(N)C(S(=O)C2CCCC2)C1. The Morgan fingerprint density at radius 1 is 1.19 bits per heavy atom. The summed E-state index contributed by atoms with van der Waals surface area (Å²) < 4.78 is 12.5. The van der Waals surface area contributed by atoms with Crippen molar-refractivity contribution in [2.75, 3.05) is 0 Å². The van der Waals surface area contributed by atoms with Crippen molar-refractivity contribution in [1.82, 2.24) is 0 Å². The smallest absolute Gasteiger partial charge is 0.0506 e. The lowest BCUT2D eigenvalue weighted by molar-refractivity contribution is 0.229. The van der Waals surface area contributed by atoms with Crippen LogP contribution in [0.5, 0.6) is 0 Å². The highest BCUT2D eigenvalue weighted by Gasteiger charge is 2.39. The Bertz CT molecular complexity index is 271. The van der Waals surface area contributed by atoms with E-state index < -0.39 is 10.8 Å². The standard InChI is InChI=1S/C13H25NOS/c1-13(2)8-7-11(14)12(9-13)16(15)10-5-3-4-6-10/h10-12H,3-9,14H2,1-2H3. The molecule has 3 unspecified atom stereocenters. The van der Waals surface area contributed by atoms with E-state index in [1.54, 1.807) is 0 Å². The molecule has 0 spiro atoms. The minimum absolute atomic E-state index is 0.175. The van der Waals surface area contributed by atoms with E-state index in [2.05, 4.69) is 13.8 Å². The Morgan fingerprint density at radius 2 is 1.81 bits per heavy atom. The molecule has 0 amide bonds. The number of rotatable bonds is 2. The van der Waals surface area contributed by atoms with Crippen molar-refractivity contribution in [3.05, 3.63) is 0 Å². The number of hydrogen-bond donors (Lipinski definition) is 1. The summed E-state index contributed by atoms with van der Waals surface area (Å²) in [6, 6.07) is 0.175. The second kappa shape index (κ2) is 4.77. The van der Waals surface area contributed by atoms with Crippen LogP contribution in [0.15, 0.2) is 0 Å². The predicted octanol–water partition coefficient (Wildman–Crippen LogP) is 2.58. The fourth-order valence-corrected chi connectivity index (χ4v) is 5.55. The number of hydrogen-bond acceptors (Lipinski definition) is 2. The summed E-state index contributed by atoms with van der Waals surface area (Å²) in [7, 11) is -0.683. The van der Waals surface area contributed by atoms with Gasteiger partial charge < -0.3 is 5.73 Å². The van der Waals surface area contributed by atoms with E-state index in [1.807, 2.05) is 0 Å². The second-order valence-corrected chi connectivity index (χ2v) is 8.27. The van der Waals surface area contributed by atoms with Crippen LogP contribution in [0, 0.1) is 5.41 Å². The van der Waals surface area contributed by atoms with Gasteiger partial charge in [-0.2, -0.15) is 0 Å². The molecule has 0 aromatic heterocycles. The molecule has 0 saturated heterocycles. The first-order valence-corrected chi connectivity index (χ1v) is 7.92. The van der Waals surface area contributed by atoms with Crippen molar-refractivity contribution >= 4 is 10.8 Å². The van der Waals surface area contributed by atoms with Crippen molar-refractivity contribution in [1.29, 1.82) is 0 Å². The van der Waals surface area contributed by atoms with Gasteiger partial charge in [0.2, 0.25) is 0 Å². The highest BCUT2D eigenvalue weighted by Crippen LogP contribution is 2.39. The van der Waals surface area contributed by atoms with Gasteiger partial charge in [-0.05, 0) is 37.5 Å². The Balaban J connectivity index is 2.03. The molecule has 2 rings (SSSR count). The lowest BCUT2D eigenvalue weighted by atomic mass is 9.75. The van der Waals surface area contributed by atoms with Crippen molar-refractivity contribution in [2.45, 2.75) is 75.3 Å². The van der Waals surface area contributed by atoms with Crippen LogP contribution in [-0.4, -0.2) is 20.8 Å². The summed E-state index contributed by atoms with van der Waals surface area (Å²) >= 11 is 0. The average molecular weight is 243 g/mol. The quantitative estimate of drug-likeness (QED) is 0.810. The highest BCUT2D eigenvalue weighted by atomic mass is 32.2. The largest absolute Gasteiger partial charge is 0.327 e. The molecule has 2 aliphatic carbocycles. The summed E-state index contributed by atoms with van der Waals surface area (Å²) in [5.41, 5.74) is 6.52. The Kier molecular flexibility index (Phi) is 3.75. The summed E-state index contributed by atoms with van der Waals surface area (Å²) in [6.07, 6.45) is 8.15. The molecule has 3 atom stereocenters. The van der Waals surface area contributed by atoms with E-state index in [-0.39, 0.29) is 11.3 Å². The van der Waals surface area contributed by atoms with Gasteiger partial charge in [0, 0.05) is 22.1 Å². The Hall–Kier alpha value is 0.110. The zero-order valence-electron chi connectivity index (χ0n) is 10.6. The molecule has 0 aromatic rings. The third-order valence-electron chi connectivity index (χ3n) is 4.31. The molecule has 0 heterocycles. The molecule has 94 valence electrons. The first kappa shape index (κ1) is 12.6. The molecule has 16 heavy (non-hydrogen) atoms. The van der Waals surface area contributed by atoms with Gasteiger partial charge in [0.1, 0.15) is 0 Å². The van der Waals surface area contributed by atoms with Gasteiger partial charge in [-0.3, -0.25) is 4.21 Å². The van der Waals surface area contributed by atoms with Gasteiger partial charge in [0.05, 0.1) is 5.25 Å². The monoisotopic (exact) mass is 243 g/mol. The first-order valence-electron chi connectivity index (χ1n) is 6.64. The van der Waals surface area contributed by atoms with E-state index in [9.17, 15) is 4.21 Å². The zero-order chi connectivity index (χ0) is 11.8. The van der Waals surface area contributed by atoms with Crippen LogP contribution in [0.25, 0.3) is 0 Å². The van der Waals surface area contributed by atoms with E-state index in [0.717, 1.165) is 25.7 Å². The molecule has 2 saturated carbocycles. The molecular formula is C13H25NOS. The number of nitrogens with two attached hydrogens (primary N) is 1. The molecule has 2 fully saturated rings. The maximum absolute atomic E-state index is 12.5. The molecular weight excluding hydrogens is 218 g/mol. The third kappa shape index (κ3) is 2.67. The van der Waals surface area contributed by atoms with Crippen molar-refractivity contribution in [3.8, 4) is 0 Å². The van der Waals surface area contributed by atoms with Crippen LogP contribution in [0.3, 0.4) is 0 Å². The average Bonchev–Trinajstić information content (AvgIpc) is 2.74. The molecule has 0 aliphatic heterocycles. The van der Waals surface area contributed by atoms with Crippen LogP contribution in [0.4, 0.5) is 0 Å². The van der Waals surface area contributed by atoms with Gasteiger partial charge in [-0.1, -0.05) is 26.7 Å². The van der Waals surface area contributed by atoms with E-state index >= 15 is 0 Å². The molecule has 0 bridgehead atoms. The van der Waals surface area contributed by atoms with Crippen LogP contribution < -0.4 is 5.73 Å². The van der Waals surface area contributed by atoms with E-state index in [1.165, 1.54) is 19.3 Å². The van der Waals surface area contributed by atoms with Crippen LogP contribution in [-0.2, 0) is 10.8 Å². The van der Waals surface area contributed by atoms with Crippen LogP contribution >= 0.6 is 0 Å². The maximum Gasteiger partial charge on any atom is 0.0506 e. The topological polar surface area (TPSA) is 43.1 Å². The minimum atomic E-state index is -0.683. The lowest BCUT2D eigenvalue weighted by Crippen LogP contribution is -2.47. The first-order chi connectivity index (χ1) is 7.49. The van der Waals surface area contributed by atoms with Gasteiger partial charge in [0.15, 0.2) is 0 Å².